The highest BCUT2D eigenvalue weighted by Crippen LogP contribution is 2.30. The molecule has 0 heterocycles. The van der Waals surface area contributed by atoms with Crippen molar-refractivity contribution in [2.75, 3.05) is 0 Å². The van der Waals surface area contributed by atoms with E-state index in [0.29, 0.717) is 12.1 Å². The van der Waals surface area contributed by atoms with Crippen LogP contribution in [0.5, 0.6) is 0 Å². The Morgan fingerprint density at radius 3 is 2.25 bits per heavy atom. The van der Waals surface area contributed by atoms with E-state index in [4.69, 9.17) is 0 Å². The molecule has 0 aromatic heterocycles. The van der Waals surface area contributed by atoms with Crippen molar-refractivity contribution >= 4 is 0 Å². The van der Waals surface area contributed by atoms with Gasteiger partial charge in [0.25, 0.3) is 0 Å². The number of rotatable bonds is 3. The Labute approximate surface area is 76.2 Å². The maximum atomic E-state index is 3.79. The van der Waals surface area contributed by atoms with E-state index in [9.17, 15) is 0 Å². The van der Waals surface area contributed by atoms with Gasteiger partial charge in [0.05, 0.1) is 0 Å². The summed E-state index contributed by atoms with van der Waals surface area (Å²) >= 11 is 0. The van der Waals surface area contributed by atoms with Crippen molar-refractivity contribution in [2.24, 2.45) is 11.8 Å². The molecule has 1 aliphatic carbocycles. The molecule has 0 spiro atoms. The molecule has 3 unspecified atom stereocenters. The first kappa shape index (κ1) is 9.79. The maximum Gasteiger partial charge on any atom is 0.0221 e. The lowest BCUT2D eigenvalue weighted by molar-refractivity contribution is 0.353. The second kappa shape index (κ2) is 4.08. The Bertz CT molecular complexity index is 143. The van der Waals surface area contributed by atoms with Crippen molar-refractivity contribution in [3.63, 3.8) is 0 Å². The number of nitrogens with one attached hydrogen (secondary N) is 1. The van der Waals surface area contributed by atoms with E-state index in [1.54, 1.807) is 0 Å². The van der Waals surface area contributed by atoms with Crippen molar-refractivity contribution in [3.05, 3.63) is 12.7 Å². The van der Waals surface area contributed by atoms with Gasteiger partial charge in [0.15, 0.2) is 0 Å². The molecule has 12 heavy (non-hydrogen) atoms. The van der Waals surface area contributed by atoms with Crippen LogP contribution in [0, 0.1) is 11.8 Å². The Morgan fingerprint density at radius 2 is 1.83 bits per heavy atom. The summed E-state index contributed by atoms with van der Waals surface area (Å²) in [7, 11) is 0. The third-order valence-corrected chi connectivity index (χ3v) is 3.11. The van der Waals surface area contributed by atoms with Crippen LogP contribution >= 0.6 is 0 Å². The third kappa shape index (κ3) is 2.10. The van der Waals surface area contributed by atoms with Gasteiger partial charge in [0, 0.05) is 12.1 Å². The highest BCUT2D eigenvalue weighted by atomic mass is 15.0. The zero-order valence-electron chi connectivity index (χ0n) is 8.51. The quantitative estimate of drug-likeness (QED) is 0.637. The zero-order chi connectivity index (χ0) is 9.14. The van der Waals surface area contributed by atoms with Crippen molar-refractivity contribution in [1.29, 1.82) is 0 Å². The highest BCUT2D eigenvalue weighted by molar-refractivity contribution is 4.91. The molecular formula is C11H21N. The van der Waals surface area contributed by atoms with E-state index in [-0.39, 0.29) is 0 Å². The first-order chi connectivity index (χ1) is 5.65. The Hall–Kier alpha value is -0.300. The van der Waals surface area contributed by atoms with Crippen LogP contribution < -0.4 is 5.32 Å². The van der Waals surface area contributed by atoms with E-state index in [1.807, 2.05) is 6.08 Å². The van der Waals surface area contributed by atoms with Gasteiger partial charge in [-0.25, -0.2) is 0 Å². The van der Waals surface area contributed by atoms with Gasteiger partial charge < -0.3 is 5.32 Å². The van der Waals surface area contributed by atoms with Gasteiger partial charge in [0.1, 0.15) is 0 Å². The molecule has 1 rings (SSSR count). The number of hydrogen-bond donors (Lipinski definition) is 1. The van der Waals surface area contributed by atoms with E-state index >= 15 is 0 Å². The highest BCUT2D eigenvalue weighted by Gasteiger charge is 2.30. The SMILES string of the molecule is C=CC(C)NC1C(C)CCC1C. The molecule has 1 heteroatoms. The Morgan fingerprint density at radius 1 is 1.33 bits per heavy atom. The fourth-order valence-electron chi connectivity index (χ4n) is 2.15. The summed E-state index contributed by atoms with van der Waals surface area (Å²) in [6, 6.07) is 1.16. The van der Waals surface area contributed by atoms with Crippen LogP contribution in [0.25, 0.3) is 0 Å². The van der Waals surface area contributed by atoms with Crippen molar-refractivity contribution in [1.82, 2.24) is 5.32 Å². The minimum atomic E-state index is 0.456. The summed E-state index contributed by atoms with van der Waals surface area (Å²) in [5.74, 6) is 1.67. The molecule has 0 saturated heterocycles. The second-order valence-electron chi connectivity index (χ2n) is 4.25. The molecule has 0 bridgehead atoms. The molecule has 0 aromatic rings. The first-order valence-electron chi connectivity index (χ1n) is 5.03. The molecule has 0 aliphatic heterocycles. The monoisotopic (exact) mass is 167 g/mol. The zero-order valence-corrected chi connectivity index (χ0v) is 8.51. The molecule has 70 valence electrons. The normalized spacial score (nSPS) is 38.1. The molecule has 0 radical (unpaired) electrons. The van der Waals surface area contributed by atoms with E-state index in [1.165, 1.54) is 12.8 Å². The smallest absolute Gasteiger partial charge is 0.0221 e. The predicted molar refractivity (Wildman–Crippen MR) is 54.1 cm³/mol. The molecule has 3 atom stereocenters. The molecule has 0 aromatic carbocycles. The average molecular weight is 167 g/mol. The fourth-order valence-corrected chi connectivity index (χ4v) is 2.15. The topological polar surface area (TPSA) is 12.0 Å². The van der Waals surface area contributed by atoms with E-state index in [2.05, 4.69) is 32.7 Å². The molecular weight excluding hydrogens is 146 g/mol. The summed E-state index contributed by atoms with van der Waals surface area (Å²) in [5, 5.41) is 3.61. The lowest BCUT2D eigenvalue weighted by Crippen LogP contribution is -2.40. The first-order valence-corrected chi connectivity index (χ1v) is 5.03. The van der Waals surface area contributed by atoms with Crippen LogP contribution in [0.15, 0.2) is 12.7 Å². The van der Waals surface area contributed by atoms with Crippen LogP contribution in [-0.2, 0) is 0 Å². The van der Waals surface area contributed by atoms with Gasteiger partial charge in [-0.3, -0.25) is 0 Å². The van der Waals surface area contributed by atoms with Crippen molar-refractivity contribution in [2.45, 2.75) is 45.7 Å². The van der Waals surface area contributed by atoms with E-state index in [0.717, 1.165) is 11.8 Å². The molecule has 0 amide bonds. The number of hydrogen-bond acceptors (Lipinski definition) is 1. The summed E-state index contributed by atoms with van der Waals surface area (Å²) in [4.78, 5) is 0. The van der Waals surface area contributed by atoms with Gasteiger partial charge in [-0.05, 0) is 31.6 Å². The summed E-state index contributed by atoms with van der Waals surface area (Å²) in [6.07, 6.45) is 4.74. The van der Waals surface area contributed by atoms with Gasteiger partial charge in [-0.1, -0.05) is 19.9 Å². The lowest BCUT2D eigenvalue weighted by Gasteiger charge is -2.24. The summed E-state index contributed by atoms with van der Waals surface area (Å²) in [6.45, 7) is 10.7. The van der Waals surface area contributed by atoms with Gasteiger partial charge in [-0.15, -0.1) is 6.58 Å². The molecule has 1 aliphatic rings. The summed E-state index contributed by atoms with van der Waals surface area (Å²) < 4.78 is 0. The fraction of sp³-hybridized carbons (Fsp3) is 0.818. The average Bonchev–Trinajstić information content (AvgIpc) is 2.35. The second-order valence-corrected chi connectivity index (χ2v) is 4.25. The van der Waals surface area contributed by atoms with Crippen LogP contribution in [-0.4, -0.2) is 12.1 Å². The standard InChI is InChI=1S/C11H21N/c1-5-10(4)12-11-8(2)6-7-9(11)3/h5,8-12H,1,6-7H2,2-4H3. The molecule has 1 saturated carbocycles. The van der Waals surface area contributed by atoms with Crippen LogP contribution in [0.3, 0.4) is 0 Å². The predicted octanol–water partition coefficient (Wildman–Crippen LogP) is 2.59. The molecule has 1 nitrogen and oxygen atoms in total. The van der Waals surface area contributed by atoms with Gasteiger partial charge >= 0.3 is 0 Å². The molecule has 1 N–H and O–H groups in total. The lowest BCUT2D eigenvalue weighted by atomic mass is 9.99. The van der Waals surface area contributed by atoms with Crippen molar-refractivity contribution < 1.29 is 0 Å². The van der Waals surface area contributed by atoms with Gasteiger partial charge in [0.2, 0.25) is 0 Å². The van der Waals surface area contributed by atoms with Crippen LogP contribution in [0.2, 0.25) is 0 Å². The largest absolute Gasteiger partial charge is 0.308 e. The minimum absolute atomic E-state index is 0.456. The molecule has 1 fully saturated rings. The summed E-state index contributed by atoms with van der Waals surface area (Å²) in [5.41, 5.74) is 0. The maximum absolute atomic E-state index is 3.79. The minimum Gasteiger partial charge on any atom is -0.308 e. The third-order valence-electron chi connectivity index (χ3n) is 3.11. The Kier molecular flexibility index (Phi) is 3.33. The van der Waals surface area contributed by atoms with Crippen LogP contribution in [0.4, 0.5) is 0 Å². The Balaban J connectivity index is 2.43. The van der Waals surface area contributed by atoms with Crippen LogP contribution in [0.1, 0.15) is 33.6 Å². The van der Waals surface area contributed by atoms with Gasteiger partial charge in [-0.2, -0.15) is 0 Å². The van der Waals surface area contributed by atoms with Crippen molar-refractivity contribution in [3.8, 4) is 0 Å². The van der Waals surface area contributed by atoms with E-state index < -0.39 is 0 Å².